The predicted octanol–water partition coefficient (Wildman–Crippen LogP) is 5.76. The number of unbranched alkanes of at least 4 members (excludes halogenated alkanes) is 1. The van der Waals surface area contributed by atoms with Gasteiger partial charge in [0.2, 0.25) is 0 Å². The van der Waals surface area contributed by atoms with Crippen molar-refractivity contribution in [2.75, 3.05) is 6.61 Å². The minimum Gasteiger partial charge on any atom is -0.434 e. The van der Waals surface area contributed by atoms with Gasteiger partial charge in [0.05, 0.1) is 6.61 Å². The maximum atomic E-state index is 11.9. The summed E-state index contributed by atoms with van der Waals surface area (Å²) in [6.45, 7) is 4.78. The Morgan fingerprint density at radius 1 is 0.741 bits per heavy atom. The topological polar surface area (TPSA) is 71.1 Å². The van der Waals surface area contributed by atoms with Gasteiger partial charge in [0.15, 0.2) is 0 Å². The van der Waals surface area contributed by atoms with E-state index in [-0.39, 0.29) is 18.3 Å². The van der Waals surface area contributed by atoms with Crippen LogP contribution >= 0.6 is 0 Å². The first-order valence-corrected chi connectivity index (χ1v) is 10.7. The van der Waals surface area contributed by atoms with Crippen LogP contribution in [0.1, 0.15) is 90.9 Å². The Hall–Kier alpha value is -1.46. The molecule has 0 aromatic carbocycles. The lowest BCUT2D eigenvalue weighted by Crippen LogP contribution is -2.31. The van der Waals surface area contributed by atoms with E-state index >= 15 is 0 Å². The summed E-state index contributed by atoms with van der Waals surface area (Å²) in [7, 11) is 0. The number of carbonyl (C=O) groups excluding carboxylic acids is 2. The lowest BCUT2D eigenvalue weighted by Gasteiger charge is -2.28. The molecule has 0 aromatic heterocycles. The molecule has 0 N–H and O–H groups in total. The molecule has 0 saturated heterocycles. The summed E-state index contributed by atoms with van der Waals surface area (Å²) in [6, 6.07) is 0. The Balaban J connectivity index is 1.52. The minimum atomic E-state index is -0.583. The molecule has 0 unspecified atom stereocenters. The first-order valence-electron chi connectivity index (χ1n) is 10.7. The quantitative estimate of drug-likeness (QED) is 0.391. The molecular weight excluding hydrogens is 348 g/mol. The summed E-state index contributed by atoms with van der Waals surface area (Å²) in [5, 5.41) is 0. The van der Waals surface area contributed by atoms with E-state index in [1.165, 1.54) is 6.42 Å². The van der Waals surface area contributed by atoms with Crippen molar-refractivity contribution in [3.63, 3.8) is 0 Å². The zero-order chi connectivity index (χ0) is 19.5. The van der Waals surface area contributed by atoms with E-state index in [0.29, 0.717) is 38.2 Å². The summed E-state index contributed by atoms with van der Waals surface area (Å²) in [5.74, 6) is 0.675. The van der Waals surface area contributed by atoms with Gasteiger partial charge in [0.1, 0.15) is 18.3 Å². The van der Waals surface area contributed by atoms with E-state index in [1.54, 1.807) is 0 Å². The number of ether oxygens (including phenoxy) is 4. The molecule has 0 aromatic rings. The minimum absolute atomic E-state index is 0.0150. The molecule has 0 spiro atoms. The molecule has 156 valence electrons. The van der Waals surface area contributed by atoms with Crippen molar-refractivity contribution in [3.05, 3.63) is 0 Å². The molecule has 0 radical (unpaired) electrons. The molecule has 27 heavy (non-hydrogen) atoms. The fraction of sp³-hybridized carbons (Fsp3) is 0.905. The van der Waals surface area contributed by atoms with E-state index in [0.717, 1.165) is 44.9 Å². The predicted molar refractivity (Wildman–Crippen MR) is 102 cm³/mol. The fourth-order valence-corrected chi connectivity index (χ4v) is 3.73. The SMILES string of the molecule is CC(C)CCCCOC(=O)OC1CCC(OC(=O)OC2CCCCC2)CC1. The van der Waals surface area contributed by atoms with Gasteiger partial charge >= 0.3 is 12.3 Å². The van der Waals surface area contributed by atoms with Crippen LogP contribution in [0.4, 0.5) is 9.59 Å². The molecule has 2 aliphatic rings. The lowest BCUT2D eigenvalue weighted by atomic mass is 9.95. The highest BCUT2D eigenvalue weighted by molar-refractivity contribution is 5.60. The van der Waals surface area contributed by atoms with Crippen LogP contribution in [-0.2, 0) is 18.9 Å². The van der Waals surface area contributed by atoms with Crippen LogP contribution in [0, 0.1) is 5.92 Å². The second-order valence-electron chi connectivity index (χ2n) is 8.25. The third-order valence-electron chi connectivity index (χ3n) is 5.36. The Morgan fingerprint density at radius 3 is 1.81 bits per heavy atom. The lowest BCUT2D eigenvalue weighted by molar-refractivity contribution is -0.0402. The van der Waals surface area contributed by atoms with Crippen molar-refractivity contribution < 1.29 is 28.5 Å². The molecule has 6 nitrogen and oxygen atoms in total. The van der Waals surface area contributed by atoms with Crippen molar-refractivity contribution in [2.24, 2.45) is 5.92 Å². The van der Waals surface area contributed by atoms with Crippen LogP contribution in [0.2, 0.25) is 0 Å². The summed E-state index contributed by atoms with van der Waals surface area (Å²) in [4.78, 5) is 23.6. The molecule has 6 heteroatoms. The zero-order valence-corrected chi connectivity index (χ0v) is 17.0. The van der Waals surface area contributed by atoms with Crippen LogP contribution < -0.4 is 0 Å². The number of hydrogen-bond acceptors (Lipinski definition) is 6. The van der Waals surface area contributed by atoms with Crippen molar-refractivity contribution in [3.8, 4) is 0 Å². The standard InChI is InChI=1S/C21H36O6/c1-16(2)8-6-7-15-24-20(22)25-18-11-13-19(14-12-18)27-21(23)26-17-9-4-3-5-10-17/h16-19H,3-15H2,1-2H3. The van der Waals surface area contributed by atoms with Gasteiger partial charge < -0.3 is 18.9 Å². The average Bonchev–Trinajstić information content (AvgIpc) is 2.63. The van der Waals surface area contributed by atoms with E-state index in [9.17, 15) is 9.59 Å². The second-order valence-corrected chi connectivity index (χ2v) is 8.25. The third-order valence-corrected chi connectivity index (χ3v) is 5.36. The van der Waals surface area contributed by atoms with Crippen LogP contribution in [0.3, 0.4) is 0 Å². The van der Waals surface area contributed by atoms with Gasteiger partial charge in [-0.3, -0.25) is 0 Å². The Morgan fingerprint density at radius 2 is 1.26 bits per heavy atom. The van der Waals surface area contributed by atoms with Crippen molar-refractivity contribution in [1.29, 1.82) is 0 Å². The van der Waals surface area contributed by atoms with Crippen LogP contribution in [0.5, 0.6) is 0 Å². The van der Waals surface area contributed by atoms with Crippen LogP contribution in [-0.4, -0.2) is 37.2 Å². The van der Waals surface area contributed by atoms with E-state index < -0.39 is 12.3 Å². The summed E-state index contributed by atoms with van der Waals surface area (Å²) in [5.41, 5.74) is 0. The summed E-state index contributed by atoms with van der Waals surface area (Å²) in [6.07, 6.45) is 9.75. The van der Waals surface area contributed by atoms with Crippen LogP contribution in [0.25, 0.3) is 0 Å². The molecular formula is C21H36O6. The van der Waals surface area contributed by atoms with E-state index in [2.05, 4.69) is 13.8 Å². The van der Waals surface area contributed by atoms with Gasteiger partial charge in [0, 0.05) is 0 Å². The molecule has 0 aliphatic heterocycles. The van der Waals surface area contributed by atoms with Gasteiger partial charge in [-0.15, -0.1) is 0 Å². The third kappa shape index (κ3) is 9.34. The second kappa shape index (κ2) is 12.1. The zero-order valence-electron chi connectivity index (χ0n) is 17.0. The van der Waals surface area contributed by atoms with Crippen LogP contribution in [0.15, 0.2) is 0 Å². The molecule has 0 bridgehead atoms. The van der Waals surface area contributed by atoms with E-state index in [4.69, 9.17) is 18.9 Å². The van der Waals surface area contributed by atoms with Crippen molar-refractivity contribution in [1.82, 2.24) is 0 Å². The molecule has 0 heterocycles. The van der Waals surface area contributed by atoms with Crippen molar-refractivity contribution >= 4 is 12.3 Å². The van der Waals surface area contributed by atoms with Gasteiger partial charge in [-0.2, -0.15) is 0 Å². The van der Waals surface area contributed by atoms with Crippen molar-refractivity contribution in [2.45, 2.75) is 109 Å². The van der Waals surface area contributed by atoms with Gasteiger partial charge in [-0.25, -0.2) is 9.59 Å². The highest BCUT2D eigenvalue weighted by Crippen LogP contribution is 2.26. The molecule has 2 aliphatic carbocycles. The molecule has 0 atom stereocenters. The Bertz CT molecular complexity index is 436. The van der Waals surface area contributed by atoms with Gasteiger partial charge in [-0.1, -0.05) is 26.7 Å². The smallest absolute Gasteiger partial charge is 0.434 e. The maximum absolute atomic E-state index is 11.9. The largest absolute Gasteiger partial charge is 0.508 e. The average molecular weight is 385 g/mol. The van der Waals surface area contributed by atoms with Gasteiger partial charge in [0.25, 0.3) is 0 Å². The first-order chi connectivity index (χ1) is 13.0. The first kappa shape index (κ1) is 21.8. The Kier molecular flexibility index (Phi) is 9.78. The normalized spacial score (nSPS) is 23.7. The maximum Gasteiger partial charge on any atom is 0.508 e. The summed E-state index contributed by atoms with van der Waals surface area (Å²) >= 11 is 0. The molecule has 2 saturated carbocycles. The Labute approximate surface area is 163 Å². The van der Waals surface area contributed by atoms with Gasteiger partial charge in [-0.05, 0) is 70.1 Å². The highest BCUT2D eigenvalue weighted by Gasteiger charge is 2.28. The highest BCUT2D eigenvalue weighted by atomic mass is 16.7. The van der Waals surface area contributed by atoms with E-state index in [1.807, 2.05) is 0 Å². The number of rotatable bonds is 8. The molecule has 2 rings (SSSR count). The molecule has 2 fully saturated rings. The molecule has 0 amide bonds. The number of carbonyl (C=O) groups is 2. The fourth-order valence-electron chi connectivity index (χ4n) is 3.73. The number of hydrogen-bond donors (Lipinski definition) is 0. The summed E-state index contributed by atoms with van der Waals surface area (Å²) < 4.78 is 21.3. The monoisotopic (exact) mass is 384 g/mol.